The van der Waals surface area contributed by atoms with Gasteiger partial charge in [0, 0.05) is 11.1 Å². The van der Waals surface area contributed by atoms with Gasteiger partial charge >= 0.3 is 0 Å². The van der Waals surface area contributed by atoms with E-state index in [0.717, 1.165) is 17.1 Å². The van der Waals surface area contributed by atoms with Crippen LogP contribution in [-0.4, -0.2) is 0 Å². The molecule has 0 radical (unpaired) electrons. The summed E-state index contributed by atoms with van der Waals surface area (Å²) in [4.78, 5) is 0. The van der Waals surface area contributed by atoms with Gasteiger partial charge in [-0.3, -0.25) is 0 Å². The van der Waals surface area contributed by atoms with E-state index >= 15 is 0 Å². The summed E-state index contributed by atoms with van der Waals surface area (Å²) >= 11 is 0. The Balaban J connectivity index is 1.13. The highest BCUT2D eigenvalue weighted by molar-refractivity contribution is 5.91. The van der Waals surface area contributed by atoms with E-state index in [0.29, 0.717) is 0 Å². The monoisotopic (exact) mass is 648 g/mol. The van der Waals surface area contributed by atoms with Gasteiger partial charge in [0.05, 0.1) is 10.8 Å². The molecule has 0 amide bonds. The lowest BCUT2D eigenvalue weighted by atomic mass is 9.66. The van der Waals surface area contributed by atoms with Crippen molar-refractivity contribution < 1.29 is 4.74 Å². The van der Waals surface area contributed by atoms with Crippen LogP contribution in [0, 0.1) is 0 Å². The highest BCUT2D eigenvalue weighted by atomic mass is 16.5. The minimum atomic E-state index is -0.461. The molecule has 1 heterocycles. The average molecular weight is 649 g/mol. The first-order valence-corrected chi connectivity index (χ1v) is 17.8. The van der Waals surface area contributed by atoms with Crippen LogP contribution in [0.15, 0.2) is 194 Å². The molecule has 2 aliphatic carbocycles. The maximum Gasteiger partial charge on any atom is 0.132 e. The van der Waals surface area contributed by atoms with E-state index in [-0.39, 0.29) is 0 Å². The lowest BCUT2D eigenvalue weighted by Gasteiger charge is -2.39. The summed E-state index contributed by atoms with van der Waals surface area (Å²) in [6.07, 6.45) is 0. The molecule has 0 N–H and O–H groups in total. The molecule has 8 aromatic carbocycles. The standard InChI is InChI=1S/C50H32O/c1-3-15-35(16-4-1)49(36-17-5-2-6-18-36)41-22-10-9-21-39(41)40-31-33(27-29-44(40)49)34-28-30-46-48(32-34)51-47-26-14-13-25-45(47)50(46)42-23-11-7-19-37(42)38-20-8-12-24-43(38)50/h1-32H. The van der Waals surface area contributed by atoms with Crippen molar-refractivity contribution in [3.63, 3.8) is 0 Å². The van der Waals surface area contributed by atoms with Crippen molar-refractivity contribution >= 4 is 0 Å². The van der Waals surface area contributed by atoms with Crippen LogP contribution < -0.4 is 4.74 Å². The van der Waals surface area contributed by atoms with Gasteiger partial charge in [-0.15, -0.1) is 0 Å². The van der Waals surface area contributed by atoms with Crippen LogP contribution in [0.2, 0.25) is 0 Å². The summed E-state index contributed by atoms with van der Waals surface area (Å²) in [6.45, 7) is 0. The van der Waals surface area contributed by atoms with Crippen LogP contribution in [0.3, 0.4) is 0 Å². The van der Waals surface area contributed by atoms with Crippen LogP contribution in [0.4, 0.5) is 0 Å². The molecular formula is C50H32O. The molecule has 0 bridgehead atoms. The number of fused-ring (bicyclic) bond motifs is 12. The predicted octanol–water partition coefficient (Wildman–Crippen LogP) is 12.2. The Labute approximate surface area is 298 Å². The van der Waals surface area contributed by atoms with Crippen LogP contribution in [0.25, 0.3) is 33.4 Å². The summed E-state index contributed by atoms with van der Waals surface area (Å²) in [7, 11) is 0. The van der Waals surface area contributed by atoms with Crippen LogP contribution in [-0.2, 0) is 10.8 Å². The number of hydrogen-bond acceptors (Lipinski definition) is 1. The molecular weight excluding hydrogens is 617 g/mol. The first kappa shape index (κ1) is 28.4. The van der Waals surface area contributed by atoms with E-state index in [1.54, 1.807) is 0 Å². The van der Waals surface area contributed by atoms with Gasteiger partial charge in [0.15, 0.2) is 0 Å². The van der Waals surface area contributed by atoms with E-state index in [1.165, 1.54) is 72.3 Å². The Bertz CT molecular complexity index is 2580. The third-order valence-electron chi connectivity index (χ3n) is 11.6. The molecule has 0 saturated carbocycles. The van der Waals surface area contributed by atoms with Gasteiger partial charge < -0.3 is 4.74 Å². The van der Waals surface area contributed by atoms with Gasteiger partial charge in [-0.1, -0.05) is 176 Å². The van der Waals surface area contributed by atoms with Gasteiger partial charge in [-0.05, 0) is 85.0 Å². The van der Waals surface area contributed by atoms with Crippen molar-refractivity contribution in [2.24, 2.45) is 0 Å². The van der Waals surface area contributed by atoms with E-state index < -0.39 is 10.8 Å². The second kappa shape index (κ2) is 10.5. The molecule has 0 unspecified atom stereocenters. The maximum atomic E-state index is 6.85. The fourth-order valence-electron chi connectivity index (χ4n) is 9.67. The van der Waals surface area contributed by atoms with Gasteiger partial charge in [0.1, 0.15) is 11.5 Å². The average Bonchev–Trinajstić information content (AvgIpc) is 3.67. The molecule has 0 fully saturated rings. The molecule has 238 valence electrons. The highest BCUT2D eigenvalue weighted by Crippen LogP contribution is 2.62. The molecule has 3 aliphatic rings. The van der Waals surface area contributed by atoms with Crippen LogP contribution >= 0.6 is 0 Å². The van der Waals surface area contributed by atoms with Crippen molar-refractivity contribution in [2.45, 2.75) is 10.8 Å². The van der Waals surface area contributed by atoms with Crippen molar-refractivity contribution in [1.29, 1.82) is 0 Å². The van der Waals surface area contributed by atoms with E-state index in [9.17, 15) is 0 Å². The van der Waals surface area contributed by atoms with Gasteiger partial charge in [-0.25, -0.2) is 0 Å². The molecule has 11 rings (SSSR count). The number of para-hydroxylation sites is 1. The second-order valence-corrected chi connectivity index (χ2v) is 13.9. The maximum absolute atomic E-state index is 6.85. The summed E-state index contributed by atoms with van der Waals surface area (Å²) < 4.78 is 6.85. The summed E-state index contributed by atoms with van der Waals surface area (Å²) in [5, 5.41) is 0. The molecule has 1 nitrogen and oxygen atoms in total. The number of ether oxygens (including phenoxy) is 1. The molecule has 51 heavy (non-hydrogen) atoms. The van der Waals surface area contributed by atoms with Crippen LogP contribution in [0.5, 0.6) is 11.5 Å². The predicted molar refractivity (Wildman–Crippen MR) is 207 cm³/mol. The zero-order valence-electron chi connectivity index (χ0n) is 27.9. The number of hydrogen-bond donors (Lipinski definition) is 0. The molecule has 8 aromatic rings. The van der Waals surface area contributed by atoms with Crippen molar-refractivity contribution in [3.8, 4) is 44.9 Å². The third-order valence-corrected chi connectivity index (χ3v) is 11.6. The lowest BCUT2D eigenvalue weighted by molar-refractivity contribution is 0.436. The van der Waals surface area contributed by atoms with E-state index in [4.69, 9.17) is 4.74 Å². The minimum Gasteiger partial charge on any atom is -0.457 e. The summed E-state index contributed by atoms with van der Waals surface area (Å²) in [5.41, 5.74) is 16.7. The second-order valence-electron chi connectivity index (χ2n) is 13.9. The molecule has 1 spiro atoms. The Morgan fingerprint density at radius 1 is 0.275 bits per heavy atom. The fourth-order valence-corrected chi connectivity index (χ4v) is 9.67. The van der Waals surface area contributed by atoms with E-state index in [1.807, 2.05) is 0 Å². The van der Waals surface area contributed by atoms with Crippen molar-refractivity contribution in [3.05, 3.63) is 239 Å². The third kappa shape index (κ3) is 3.65. The first-order valence-electron chi connectivity index (χ1n) is 17.8. The molecule has 0 saturated heterocycles. The number of benzene rings is 8. The Morgan fingerprint density at radius 2 is 0.686 bits per heavy atom. The first-order chi connectivity index (χ1) is 25.3. The van der Waals surface area contributed by atoms with Crippen molar-refractivity contribution in [2.75, 3.05) is 0 Å². The van der Waals surface area contributed by atoms with Crippen LogP contribution in [0.1, 0.15) is 44.5 Å². The van der Waals surface area contributed by atoms with Gasteiger partial charge in [-0.2, -0.15) is 0 Å². The molecule has 1 heteroatoms. The Kier molecular flexibility index (Phi) is 5.86. The Hall–Kier alpha value is -6.44. The van der Waals surface area contributed by atoms with E-state index in [2.05, 4.69) is 194 Å². The zero-order valence-corrected chi connectivity index (χ0v) is 27.9. The molecule has 0 atom stereocenters. The normalized spacial score (nSPS) is 14.7. The number of rotatable bonds is 3. The highest BCUT2D eigenvalue weighted by Gasteiger charge is 2.51. The SMILES string of the molecule is c1ccc(C2(c3ccccc3)c3ccccc3-c3cc(-c4ccc5c(c4)Oc4ccccc4C54c5ccccc5-c5ccccc54)ccc32)cc1. The van der Waals surface area contributed by atoms with Gasteiger partial charge in [0.2, 0.25) is 0 Å². The Morgan fingerprint density at radius 3 is 1.29 bits per heavy atom. The smallest absolute Gasteiger partial charge is 0.132 e. The minimum absolute atomic E-state index is 0.411. The summed E-state index contributed by atoms with van der Waals surface area (Å²) in [6, 6.07) is 71.3. The summed E-state index contributed by atoms with van der Waals surface area (Å²) in [5.74, 6) is 1.81. The topological polar surface area (TPSA) is 9.23 Å². The molecule has 1 aliphatic heterocycles. The largest absolute Gasteiger partial charge is 0.457 e. The molecule has 0 aromatic heterocycles. The zero-order chi connectivity index (χ0) is 33.6. The van der Waals surface area contributed by atoms with Crippen molar-refractivity contribution in [1.82, 2.24) is 0 Å². The lowest BCUT2D eigenvalue weighted by Crippen LogP contribution is -2.32. The quantitative estimate of drug-likeness (QED) is 0.185. The van der Waals surface area contributed by atoms with Gasteiger partial charge in [0.25, 0.3) is 0 Å². The fraction of sp³-hybridized carbons (Fsp3) is 0.0400.